The van der Waals surface area contributed by atoms with Crippen molar-refractivity contribution in [2.75, 3.05) is 36.4 Å². The van der Waals surface area contributed by atoms with Gasteiger partial charge in [-0.05, 0) is 61.1 Å². The predicted molar refractivity (Wildman–Crippen MR) is 153 cm³/mol. The molecular weight excluding hydrogens is 490 g/mol. The second kappa shape index (κ2) is 11.5. The number of aliphatic hydroxyl groups excluding tert-OH is 1. The molecule has 1 saturated carbocycles. The number of hydrogen-bond acceptors (Lipinski definition) is 7. The summed E-state index contributed by atoms with van der Waals surface area (Å²) in [6.07, 6.45) is 7.22. The first-order valence-corrected chi connectivity index (χ1v) is 13.8. The molecular formula is C30H35N7O2. The first kappa shape index (κ1) is 25.5. The predicted octanol–water partition coefficient (Wildman–Crippen LogP) is 3.45. The third-order valence-electron chi connectivity index (χ3n) is 7.74. The highest BCUT2D eigenvalue weighted by Crippen LogP contribution is 2.25. The van der Waals surface area contributed by atoms with Crippen LogP contribution >= 0.6 is 0 Å². The maximum absolute atomic E-state index is 13.1. The van der Waals surface area contributed by atoms with Crippen LogP contribution < -0.4 is 20.9 Å². The number of carbonyl (C=O) groups excluding carboxylic acids is 1. The van der Waals surface area contributed by atoms with E-state index in [4.69, 9.17) is 0 Å². The van der Waals surface area contributed by atoms with Gasteiger partial charge in [0.2, 0.25) is 0 Å². The number of carbonyl (C=O) groups is 1. The van der Waals surface area contributed by atoms with Gasteiger partial charge in [0.15, 0.2) is 5.65 Å². The van der Waals surface area contributed by atoms with E-state index in [1.807, 2.05) is 18.2 Å². The minimum Gasteiger partial charge on any atom is -0.393 e. The van der Waals surface area contributed by atoms with Crippen LogP contribution in [0.15, 0.2) is 67.0 Å². The fourth-order valence-electron chi connectivity index (χ4n) is 5.44. The number of hydrogen-bond donors (Lipinski definition) is 4. The molecule has 1 aliphatic heterocycles. The van der Waals surface area contributed by atoms with E-state index in [0.717, 1.165) is 80.9 Å². The number of aromatic nitrogens is 3. The summed E-state index contributed by atoms with van der Waals surface area (Å²) in [5, 5.41) is 24.2. The zero-order chi connectivity index (χ0) is 26.6. The molecule has 202 valence electrons. The normalized spacial score (nSPS) is 19.8. The summed E-state index contributed by atoms with van der Waals surface area (Å²) >= 11 is 0. The van der Waals surface area contributed by atoms with Gasteiger partial charge in [-0.1, -0.05) is 30.3 Å². The SMILES string of the molecule is O=C(Nc1cccc(N2CCNCC2)c1)c1ccn2ncc(-c3ccc(CN[C@H]4CC[C@H](O)CC4)cc3)c2n1. The van der Waals surface area contributed by atoms with Gasteiger partial charge in [-0.25, -0.2) is 9.50 Å². The lowest BCUT2D eigenvalue weighted by Crippen LogP contribution is -2.43. The fourth-order valence-corrected chi connectivity index (χ4v) is 5.44. The van der Waals surface area contributed by atoms with Gasteiger partial charge in [-0.3, -0.25) is 4.79 Å². The quantitative estimate of drug-likeness (QED) is 0.293. The smallest absolute Gasteiger partial charge is 0.274 e. The molecule has 2 fully saturated rings. The summed E-state index contributed by atoms with van der Waals surface area (Å²) in [6.45, 7) is 4.61. The van der Waals surface area contributed by atoms with E-state index in [-0.39, 0.29) is 12.0 Å². The standard InChI is InChI=1S/C30H35N7O2/c38-26-10-8-23(9-11-26)32-19-21-4-6-22(7-5-21)27-20-33-37-15-12-28(35-29(27)37)30(39)34-24-2-1-3-25(18-24)36-16-13-31-14-17-36/h1-7,12,15,18,20,23,26,31-32,38H,8-11,13-14,16-17,19H2,(H,34,39)/t23-,26-. The molecule has 2 aromatic heterocycles. The second-order valence-corrected chi connectivity index (χ2v) is 10.5. The van der Waals surface area contributed by atoms with Gasteiger partial charge in [0.1, 0.15) is 5.69 Å². The van der Waals surface area contributed by atoms with Gasteiger partial charge in [0.05, 0.1) is 12.3 Å². The Kier molecular flexibility index (Phi) is 7.53. The highest BCUT2D eigenvalue weighted by Gasteiger charge is 2.19. The average Bonchev–Trinajstić information content (AvgIpc) is 3.41. The number of aliphatic hydroxyl groups is 1. The lowest BCUT2D eigenvalue weighted by atomic mass is 9.93. The van der Waals surface area contributed by atoms with Crippen LogP contribution in [0.4, 0.5) is 11.4 Å². The molecule has 4 aromatic rings. The number of nitrogens with zero attached hydrogens (tertiary/aromatic N) is 4. The molecule has 2 aliphatic rings. The van der Waals surface area contributed by atoms with E-state index in [1.165, 1.54) is 5.56 Å². The number of rotatable bonds is 7. The van der Waals surface area contributed by atoms with Crippen molar-refractivity contribution in [3.63, 3.8) is 0 Å². The monoisotopic (exact) mass is 525 g/mol. The molecule has 39 heavy (non-hydrogen) atoms. The first-order valence-electron chi connectivity index (χ1n) is 13.8. The molecule has 2 aromatic carbocycles. The lowest BCUT2D eigenvalue weighted by molar-refractivity contribution is 0.102. The Morgan fingerprint density at radius 1 is 1.03 bits per heavy atom. The number of piperazine rings is 1. The Morgan fingerprint density at radius 3 is 2.62 bits per heavy atom. The molecule has 0 bridgehead atoms. The molecule has 9 nitrogen and oxygen atoms in total. The van der Waals surface area contributed by atoms with E-state index in [0.29, 0.717) is 17.4 Å². The molecule has 0 unspecified atom stereocenters. The number of anilines is 2. The van der Waals surface area contributed by atoms with Gasteiger partial charge in [-0.15, -0.1) is 0 Å². The van der Waals surface area contributed by atoms with Crippen molar-refractivity contribution in [1.29, 1.82) is 0 Å². The molecule has 0 radical (unpaired) electrons. The van der Waals surface area contributed by atoms with Crippen LogP contribution in [-0.2, 0) is 6.54 Å². The Bertz CT molecular complexity index is 1420. The van der Waals surface area contributed by atoms with Gasteiger partial charge in [0.25, 0.3) is 5.91 Å². The summed E-state index contributed by atoms with van der Waals surface area (Å²) in [5.74, 6) is -0.251. The lowest BCUT2D eigenvalue weighted by Gasteiger charge is -2.29. The number of fused-ring (bicyclic) bond motifs is 1. The summed E-state index contributed by atoms with van der Waals surface area (Å²) < 4.78 is 1.70. The van der Waals surface area contributed by atoms with Gasteiger partial charge in [-0.2, -0.15) is 5.10 Å². The molecule has 4 N–H and O–H groups in total. The average molecular weight is 526 g/mol. The van der Waals surface area contributed by atoms with Crippen LogP contribution in [0.25, 0.3) is 16.8 Å². The second-order valence-electron chi connectivity index (χ2n) is 10.5. The van der Waals surface area contributed by atoms with E-state index < -0.39 is 0 Å². The van der Waals surface area contributed by atoms with E-state index >= 15 is 0 Å². The Balaban J connectivity index is 1.14. The minimum absolute atomic E-state index is 0.137. The first-order chi connectivity index (χ1) is 19.1. The number of nitrogens with one attached hydrogen (secondary N) is 3. The maximum Gasteiger partial charge on any atom is 0.274 e. The fraction of sp³-hybridized carbons (Fsp3) is 0.367. The van der Waals surface area contributed by atoms with Crippen molar-refractivity contribution >= 4 is 22.9 Å². The largest absolute Gasteiger partial charge is 0.393 e. The van der Waals surface area contributed by atoms with Gasteiger partial charge in [0, 0.05) is 61.9 Å². The van der Waals surface area contributed by atoms with Crippen molar-refractivity contribution in [2.45, 2.75) is 44.4 Å². The van der Waals surface area contributed by atoms with E-state index in [2.05, 4.69) is 61.3 Å². The molecule has 1 aliphatic carbocycles. The number of amides is 1. The zero-order valence-corrected chi connectivity index (χ0v) is 22.0. The minimum atomic E-state index is -0.251. The highest BCUT2D eigenvalue weighted by atomic mass is 16.3. The molecule has 0 atom stereocenters. The van der Waals surface area contributed by atoms with Crippen LogP contribution in [0.3, 0.4) is 0 Å². The third kappa shape index (κ3) is 5.95. The molecule has 1 saturated heterocycles. The van der Waals surface area contributed by atoms with Crippen molar-refractivity contribution in [2.24, 2.45) is 0 Å². The van der Waals surface area contributed by atoms with Gasteiger partial charge >= 0.3 is 0 Å². The molecule has 0 spiro atoms. The molecule has 1 amide bonds. The Labute approximate surface area is 228 Å². The summed E-state index contributed by atoms with van der Waals surface area (Å²) in [6, 6.07) is 18.5. The van der Waals surface area contributed by atoms with Crippen LogP contribution in [-0.4, -0.2) is 63.9 Å². The van der Waals surface area contributed by atoms with Crippen LogP contribution in [0.5, 0.6) is 0 Å². The Hall–Kier alpha value is -3.79. The third-order valence-corrected chi connectivity index (χ3v) is 7.74. The molecule has 3 heterocycles. The number of benzene rings is 2. The van der Waals surface area contributed by atoms with E-state index in [9.17, 15) is 9.90 Å². The van der Waals surface area contributed by atoms with Gasteiger partial charge < -0.3 is 26.0 Å². The Morgan fingerprint density at radius 2 is 1.82 bits per heavy atom. The van der Waals surface area contributed by atoms with Crippen molar-refractivity contribution < 1.29 is 9.90 Å². The van der Waals surface area contributed by atoms with Crippen LogP contribution in [0.2, 0.25) is 0 Å². The maximum atomic E-state index is 13.1. The van der Waals surface area contributed by atoms with Crippen molar-refractivity contribution in [3.8, 4) is 11.1 Å². The summed E-state index contributed by atoms with van der Waals surface area (Å²) in [5.41, 5.74) is 5.93. The van der Waals surface area contributed by atoms with Crippen LogP contribution in [0, 0.1) is 0 Å². The van der Waals surface area contributed by atoms with Crippen molar-refractivity contribution in [1.82, 2.24) is 25.2 Å². The highest BCUT2D eigenvalue weighted by molar-refractivity contribution is 6.03. The van der Waals surface area contributed by atoms with Crippen molar-refractivity contribution in [3.05, 3.63) is 78.2 Å². The summed E-state index contributed by atoms with van der Waals surface area (Å²) in [7, 11) is 0. The molecule has 6 rings (SSSR count). The topological polar surface area (TPSA) is 107 Å². The molecule has 9 heteroatoms. The van der Waals surface area contributed by atoms with E-state index in [1.54, 1.807) is 23.0 Å². The van der Waals surface area contributed by atoms with Crippen LogP contribution in [0.1, 0.15) is 41.7 Å². The zero-order valence-electron chi connectivity index (χ0n) is 22.0. The summed E-state index contributed by atoms with van der Waals surface area (Å²) in [4.78, 5) is 20.1.